The van der Waals surface area contributed by atoms with Crippen LogP contribution in [0.4, 0.5) is 5.69 Å². The van der Waals surface area contributed by atoms with Gasteiger partial charge in [-0.05, 0) is 56.2 Å². The van der Waals surface area contributed by atoms with Crippen molar-refractivity contribution in [2.45, 2.75) is 32.0 Å². The Morgan fingerprint density at radius 1 is 1.12 bits per heavy atom. The lowest BCUT2D eigenvalue weighted by molar-refractivity contribution is -0.113. The molecule has 0 spiro atoms. The fourth-order valence-corrected chi connectivity index (χ4v) is 4.33. The van der Waals surface area contributed by atoms with E-state index in [0.717, 1.165) is 22.4 Å². The molecule has 3 N–H and O–H groups in total. The van der Waals surface area contributed by atoms with Crippen LogP contribution in [-0.4, -0.2) is 51.2 Å². The van der Waals surface area contributed by atoms with Gasteiger partial charge in [-0.25, -0.2) is 0 Å². The standard InChI is InChI=1S/C24H29N5O4S/c1-14-10-15(2)21(16(3)11-14)26-20(31)13-34-24-28-27-22(29(24)4)19(12-30)25-23(32)17-6-8-18(33-5)9-7-17/h6-11,19,30H,12-13H2,1-5H3,(H,25,32)(H,26,31). The highest BCUT2D eigenvalue weighted by Gasteiger charge is 2.22. The lowest BCUT2D eigenvalue weighted by Crippen LogP contribution is -2.32. The van der Waals surface area contributed by atoms with Gasteiger partial charge >= 0.3 is 0 Å². The van der Waals surface area contributed by atoms with E-state index in [2.05, 4.69) is 20.8 Å². The van der Waals surface area contributed by atoms with Crippen molar-refractivity contribution in [1.29, 1.82) is 0 Å². The highest BCUT2D eigenvalue weighted by atomic mass is 32.2. The number of carbonyl (C=O) groups excluding carboxylic acids is 2. The summed E-state index contributed by atoms with van der Waals surface area (Å²) in [6, 6.07) is 9.94. The van der Waals surface area contributed by atoms with Crippen LogP contribution in [0.25, 0.3) is 0 Å². The number of benzene rings is 2. The number of nitrogens with one attached hydrogen (secondary N) is 2. The molecule has 34 heavy (non-hydrogen) atoms. The van der Waals surface area contributed by atoms with Crippen LogP contribution in [0.5, 0.6) is 5.75 Å². The Bertz CT molecular complexity index is 1150. The third kappa shape index (κ3) is 5.95. The Morgan fingerprint density at radius 2 is 1.76 bits per heavy atom. The van der Waals surface area contributed by atoms with Crippen molar-refractivity contribution in [3.63, 3.8) is 0 Å². The van der Waals surface area contributed by atoms with E-state index >= 15 is 0 Å². The molecule has 180 valence electrons. The summed E-state index contributed by atoms with van der Waals surface area (Å²) in [6.45, 7) is 5.59. The Labute approximate surface area is 202 Å². The first-order valence-electron chi connectivity index (χ1n) is 10.7. The number of aromatic nitrogens is 3. The number of ether oxygens (including phenoxy) is 1. The van der Waals surface area contributed by atoms with Gasteiger partial charge in [-0.15, -0.1) is 10.2 Å². The van der Waals surface area contributed by atoms with Crippen molar-refractivity contribution in [2.75, 3.05) is 24.8 Å². The maximum atomic E-state index is 12.6. The van der Waals surface area contributed by atoms with Gasteiger partial charge in [-0.1, -0.05) is 29.5 Å². The molecule has 1 heterocycles. The van der Waals surface area contributed by atoms with E-state index < -0.39 is 6.04 Å². The van der Waals surface area contributed by atoms with Crippen LogP contribution < -0.4 is 15.4 Å². The summed E-state index contributed by atoms with van der Waals surface area (Å²) in [5.41, 5.74) is 4.41. The Kier molecular flexibility index (Phi) is 8.30. The molecule has 0 aliphatic rings. The van der Waals surface area contributed by atoms with Crippen LogP contribution in [0.15, 0.2) is 41.6 Å². The van der Waals surface area contributed by atoms with E-state index in [1.54, 1.807) is 43.0 Å². The fraction of sp³-hybridized carbons (Fsp3) is 0.333. The molecule has 0 radical (unpaired) electrons. The maximum absolute atomic E-state index is 12.6. The van der Waals surface area contributed by atoms with E-state index in [1.165, 1.54) is 11.8 Å². The summed E-state index contributed by atoms with van der Waals surface area (Å²) in [7, 11) is 3.28. The quantitative estimate of drug-likeness (QED) is 0.401. The van der Waals surface area contributed by atoms with E-state index in [-0.39, 0.29) is 24.2 Å². The molecule has 0 saturated heterocycles. The van der Waals surface area contributed by atoms with Gasteiger partial charge in [0.15, 0.2) is 11.0 Å². The normalized spacial score (nSPS) is 11.7. The molecule has 2 amide bonds. The first-order valence-corrected chi connectivity index (χ1v) is 11.7. The molecule has 9 nitrogen and oxygen atoms in total. The largest absolute Gasteiger partial charge is 0.497 e. The zero-order valence-electron chi connectivity index (χ0n) is 19.9. The highest BCUT2D eigenvalue weighted by molar-refractivity contribution is 7.99. The van der Waals surface area contributed by atoms with Crippen molar-refractivity contribution in [3.05, 3.63) is 64.5 Å². The van der Waals surface area contributed by atoms with E-state index in [9.17, 15) is 14.7 Å². The number of aliphatic hydroxyl groups is 1. The van der Waals surface area contributed by atoms with E-state index in [0.29, 0.717) is 22.3 Å². The third-order valence-electron chi connectivity index (χ3n) is 5.29. The smallest absolute Gasteiger partial charge is 0.251 e. The van der Waals surface area contributed by atoms with Gasteiger partial charge in [0, 0.05) is 18.3 Å². The molecule has 0 aliphatic carbocycles. The summed E-state index contributed by atoms with van der Waals surface area (Å²) in [4.78, 5) is 25.1. The Hall–Kier alpha value is -3.37. The van der Waals surface area contributed by atoms with Crippen LogP contribution in [0.1, 0.15) is 38.9 Å². The number of rotatable bonds is 9. The zero-order chi connectivity index (χ0) is 24.8. The first-order chi connectivity index (χ1) is 16.2. The van der Waals surface area contributed by atoms with Crippen molar-refractivity contribution in [1.82, 2.24) is 20.1 Å². The zero-order valence-corrected chi connectivity index (χ0v) is 20.7. The minimum absolute atomic E-state index is 0.140. The Balaban J connectivity index is 1.63. The van der Waals surface area contributed by atoms with Gasteiger partial charge in [0.2, 0.25) is 5.91 Å². The molecule has 3 aromatic rings. The molecule has 2 aromatic carbocycles. The van der Waals surface area contributed by atoms with E-state index in [1.807, 2.05) is 32.9 Å². The number of anilines is 1. The van der Waals surface area contributed by atoms with Gasteiger partial charge < -0.3 is 25.0 Å². The number of aryl methyl sites for hydroxylation is 3. The monoisotopic (exact) mass is 483 g/mol. The molecule has 1 aromatic heterocycles. The predicted octanol–water partition coefficient (Wildman–Crippen LogP) is 2.94. The highest BCUT2D eigenvalue weighted by Crippen LogP contribution is 2.24. The summed E-state index contributed by atoms with van der Waals surface area (Å²) in [6.07, 6.45) is 0. The third-order valence-corrected chi connectivity index (χ3v) is 6.31. The molecular weight excluding hydrogens is 454 g/mol. The van der Waals surface area contributed by atoms with Gasteiger partial charge in [-0.2, -0.15) is 0 Å². The summed E-state index contributed by atoms with van der Waals surface area (Å²) in [5, 5.41) is 24.3. The molecule has 10 heteroatoms. The average Bonchev–Trinajstić information content (AvgIpc) is 3.18. The number of aliphatic hydroxyl groups excluding tert-OH is 1. The summed E-state index contributed by atoms with van der Waals surface area (Å²) < 4.78 is 6.77. The topological polar surface area (TPSA) is 118 Å². The number of thioether (sulfide) groups is 1. The van der Waals surface area contributed by atoms with Crippen molar-refractivity contribution >= 4 is 29.3 Å². The van der Waals surface area contributed by atoms with Gasteiger partial charge in [-0.3, -0.25) is 9.59 Å². The average molecular weight is 484 g/mol. The van der Waals surface area contributed by atoms with Gasteiger partial charge in [0.1, 0.15) is 11.8 Å². The molecule has 1 atom stereocenters. The van der Waals surface area contributed by atoms with Crippen molar-refractivity contribution < 1.29 is 19.4 Å². The number of hydrogen-bond donors (Lipinski definition) is 3. The molecular formula is C24H29N5O4S. The second-order valence-corrected chi connectivity index (χ2v) is 8.89. The SMILES string of the molecule is COc1ccc(C(=O)NC(CO)c2nnc(SCC(=O)Nc3c(C)cc(C)cc3C)n2C)cc1. The molecule has 3 rings (SSSR count). The molecule has 0 aliphatic heterocycles. The fourth-order valence-electron chi connectivity index (χ4n) is 3.61. The maximum Gasteiger partial charge on any atom is 0.251 e. The molecule has 0 saturated carbocycles. The minimum atomic E-state index is -0.756. The van der Waals surface area contributed by atoms with Crippen LogP contribution in [-0.2, 0) is 11.8 Å². The number of amides is 2. The second kappa shape index (κ2) is 11.2. The number of hydrogen-bond acceptors (Lipinski definition) is 7. The van der Waals surface area contributed by atoms with Crippen molar-refractivity contribution in [3.8, 4) is 5.75 Å². The van der Waals surface area contributed by atoms with Gasteiger partial charge in [0.05, 0.1) is 19.5 Å². The van der Waals surface area contributed by atoms with Crippen LogP contribution in [0.2, 0.25) is 0 Å². The lowest BCUT2D eigenvalue weighted by Gasteiger charge is -2.16. The minimum Gasteiger partial charge on any atom is -0.497 e. The summed E-state index contributed by atoms with van der Waals surface area (Å²) in [5.74, 6) is 0.651. The van der Waals surface area contributed by atoms with Crippen LogP contribution in [0, 0.1) is 20.8 Å². The number of nitrogens with zero attached hydrogens (tertiary/aromatic N) is 3. The Morgan fingerprint density at radius 3 is 2.35 bits per heavy atom. The van der Waals surface area contributed by atoms with Gasteiger partial charge in [0.25, 0.3) is 5.91 Å². The van der Waals surface area contributed by atoms with E-state index in [4.69, 9.17) is 4.74 Å². The molecule has 0 bridgehead atoms. The summed E-state index contributed by atoms with van der Waals surface area (Å²) >= 11 is 1.23. The number of methoxy groups -OCH3 is 1. The van der Waals surface area contributed by atoms with Crippen LogP contribution >= 0.6 is 11.8 Å². The molecule has 0 fully saturated rings. The van der Waals surface area contributed by atoms with Crippen LogP contribution in [0.3, 0.4) is 0 Å². The first kappa shape index (κ1) is 25.3. The lowest BCUT2D eigenvalue weighted by atomic mass is 10.1. The predicted molar refractivity (Wildman–Crippen MR) is 131 cm³/mol. The molecule has 1 unspecified atom stereocenters. The van der Waals surface area contributed by atoms with Crippen molar-refractivity contribution in [2.24, 2.45) is 7.05 Å². The number of carbonyl (C=O) groups is 2. The second-order valence-electron chi connectivity index (χ2n) is 7.95.